The molecule has 6 heteroatoms. The third-order valence-corrected chi connectivity index (χ3v) is 4.56. The van der Waals surface area contributed by atoms with Crippen LogP contribution in [0.25, 0.3) is 10.8 Å². The minimum absolute atomic E-state index is 0.119. The van der Waals surface area contributed by atoms with E-state index < -0.39 is 6.10 Å². The minimum Gasteiger partial charge on any atom is -0.444 e. The molecule has 0 saturated heterocycles. The summed E-state index contributed by atoms with van der Waals surface area (Å²) in [6.45, 7) is 0. The van der Waals surface area contributed by atoms with Crippen LogP contribution in [0.2, 0.25) is 0 Å². The molecule has 1 saturated carbocycles. The fraction of sp³-hybridized carbons (Fsp3) is 0.467. The number of aliphatic hydroxyl groups is 1. The van der Waals surface area contributed by atoms with Gasteiger partial charge in [0.1, 0.15) is 6.26 Å². The molecule has 112 valence electrons. The van der Waals surface area contributed by atoms with Crippen molar-refractivity contribution in [2.24, 2.45) is 0 Å². The van der Waals surface area contributed by atoms with E-state index >= 15 is 0 Å². The Morgan fingerprint density at radius 3 is 3.10 bits per heavy atom. The third kappa shape index (κ3) is 3.51. The number of carbonyl (C=O) groups excluding carboxylic acids is 1. The average Bonchev–Trinajstić information content (AvgIpc) is 3.12. The molecular weight excluding hydrogens is 288 g/mol. The summed E-state index contributed by atoms with van der Waals surface area (Å²) in [5, 5.41) is 14.7. The van der Waals surface area contributed by atoms with Crippen LogP contribution in [0.15, 0.2) is 28.2 Å². The first-order chi connectivity index (χ1) is 10.2. The van der Waals surface area contributed by atoms with Gasteiger partial charge in [0.15, 0.2) is 0 Å². The van der Waals surface area contributed by atoms with Gasteiger partial charge in [-0.25, -0.2) is 4.98 Å². The molecule has 0 bridgehead atoms. The maximum Gasteiger partial charge on any atom is 0.236 e. The molecule has 5 nitrogen and oxygen atoms in total. The second-order valence-corrected chi connectivity index (χ2v) is 6.27. The molecule has 2 heterocycles. The van der Waals surface area contributed by atoms with E-state index in [-0.39, 0.29) is 18.4 Å². The monoisotopic (exact) mass is 306 g/mol. The highest BCUT2D eigenvalue weighted by atomic mass is 32.1. The van der Waals surface area contributed by atoms with Gasteiger partial charge in [0.05, 0.1) is 29.1 Å². The molecule has 3 rings (SSSR count). The van der Waals surface area contributed by atoms with Crippen molar-refractivity contribution in [1.82, 2.24) is 10.3 Å². The van der Waals surface area contributed by atoms with Crippen LogP contribution in [0.4, 0.5) is 0 Å². The topological polar surface area (TPSA) is 75.4 Å². The first-order valence-electron chi connectivity index (χ1n) is 7.18. The zero-order valence-corrected chi connectivity index (χ0v) is 12.4. The van der Waals surface area contributed by atoms with Gasteiger partial charge in [-0.2, -0.15) is 0 Å². The van der Waals surface area contributed by atoms with Gasteiger partial charge >= 0.3 is 0 Å². The second-order valence-electron chi connectivity index (χ2n) is 5.32. The van der Waals surface area contributed by atoms with Gasteiger partial charge in [0, 0.05) is 0 Å². The van der Waals surface area contributed by atoms with Crippen LogP contribution < -0.4 is 5.32 Å². The summed E-state index contributed by atoms with van der Waals surface area (Å²) in [4.78, 5) is 17.3. The molecule has 0 aliphatic heterocycles. The number of oxazole rings is 1. The number of nitrogens with zero attached hydrogens (tertiary/aromatic N) is 1. The van der Waals surface area contributed by atoms with Crippen LogP contribution in [-0.4, -0.2) is 28.1 Å². The van der Waals surface area contributed by atoms with Crippen LogP contribution in [0.5, 0.6) is 0 Å². The van der Waals surface area contributed by atoms with Crippen molar-refractivity contribution < 1.29 is 14.3 Å². The standard InChI is InChI=1S/C15H18N2O3S/c18-12-5-2-1-4-11(12)17-14(19)8-10-9-20-15(16-10)13-6-3-7-21-13/h3,6-7,9,11-12,18H,1-2,4-5,8H2,(H,17,19). The molecule has 1 aliphatic carbocycles. The fourth-order valence-electron chi connectivity index (χ4n) is 2.60. The fourth-order valence-corrected chi connectivity index (χ4v) is 3.26. The van der Waals surface area contributed by atoms with Crippen LogP contribution in [0.1, 0.15) is 31.4 Å². The zero-order chi connectivity index (χ0) is 14.7. The van der Waals surface area contributed by atoms with Crippen LogP contribution >= 0.6 is 11.3 Å². The molecule has 0 radical (unpaired) electrons. The first-order valence-corrected chi connectivity index (χ1v) is 8.06. The van der Waals surface area contributed by atoms with Gasteiger partial charge < -0.3 is 14.8 Å². The number of amides is 1. The summed E-state index contributed by atoms with van der Waals surface area (Å²) in [5.74, 6) is 0.428. The highest BCUT2D eigenvalue weighted by molar-refractivity contribution is 7.13. The van der Waals surface area contributed by atoms with Gasteiger partial charge in [-0.1, -0.05) is 18.9 Å². The highest BCUT2D eigenvalue weighted by Gasteiger charge is 2.24. The molecule has 21 heavy (non-hydrogen) atoms. The van der Waals surface area contributed by atoms with E-state index in [9.17, 15) is 9.90 Å². The number of aliphatic hydroxyl groups excluding tert-OH is 1. The first kappa shape index (κ1) is 14.3. The van der Waals surface area contributed by atoms with Gasteiger partial charge in [-0.05, 0) is 24.3 Å². The molecule has 0 aromatic carbocycles. The summed E-state index contributed by atoms with van der Waals surface area (Å²) in [7, 11) is 0. The van der Waals surface area contributed by atoms with Crippen molar-refractivity contribution in [3.05, 3.63) is 29.5 Å². The molecule has 1 fully saturated rings. The number of nitrogens with one attached hydrogen (secondary N) is 1. The largest absolute Gasteiger partial charge is 0.444 e. The van der Waals surface area contributed by atoms with Crippen LogP contribution in [0.3, 0.4) is 0 Å². The Morgan fingerprint density at radius 2 is 2.33 bits per heavy atom. The maximum atomic E-state index is 12.0. The van der Waals surface area contributed by atoms with Crippen molar-refractivity contribution >= 4 is 17.2 Å². The number of hydrogen-bond acceptors (Lipinski definition) is 5. The number of hydrogen-bond donors (Lipinski definition) is 2. The quantitative estimate of drug-likeness (QED) is 0.909. The number of aromatic nitrogens is 1. The molecule has 1 aliphatic rings. The molecule has 0 spiro atoms. The number of rotatable bonds is 4. The maximum absolute atomic E-state index is 12.0. The van der Waals surface area contributed by atoms with Crippen molar-refractivity contribution in [3.8, 4) is 10.8 Å². The third-order valence-electron chi connectivity index (χ3n) is 3.70. The summed E-state index contributed by atoms with van der Waals surface area (Å²) in [5.41, 5.74) is 0.612. The molecule has 2 aromatic rings. The summed E-state index contributed by atoms with van der Waals surface area (Å²) < 4.78 is 5.39. The Labute approximate surface area is 127 Å². The summed E-state index contributed by atoms with van der Waals surface area (Å²) >= 11 is 1.55. The Morgan fingerprint density at radius 1 is 1.48 bits per heavy atom. The van der Waals surface area contributed by atoms with Gasteiger partial charge in [0.25, 0.3) is 0 Å². The lowest BCUT2D eigenvalue weighted by atomic mass is 9.92. The normalized spacial score (nSPS) is 22.1. The average molecular weight is 306 g/mol. The summed E-state index contributed by atoms with van der Waals surface area (Å²) in [6, 6.07) is 3.73. The molecule has 2 unspecified atom stereocenters. The zero-order valence-electron chi connectivity index (χ0n) is 11.6. The lowest BCUT2D eigenvalue weighted by Gasteiger charge is -2.28. The van der Waals surface area contributed by atoms with E-state index in [1.807, 2.05) is 17.5 Å². The van der Waals surface area contributed by atoms with E-state index in [1.165, 1.54) is 6.26 Å². The van der Waals surface area contributed by atoms with Crippen LogP contribution in [0, 0.1) is 0 Å². The van der Waals surface area contributed by atoms with Crippen molar-refractivity contribution in [2.45, 2.75) is 44.2 Å². The Kier molecular flexibility index (Phi) is 4.36. The summed E-state index contributed by atoms with van der Waals surface area (Å²) in [6.07, 6.45) is 4.95. The predicted octanol–water partition coefficient (Wildman–Crippen LogP) is 2.37. The van der Waals surface area contributed by atoms with Gasteiger partial charge in [-0.3, -0.25) is 4.79 Å². The van der Waals surface area contributed by atoms with Crippen LogP contribution in [-0.2, 0) is 11.2 Å². The molecule has 2 N–H and O–H groups in total. The van der Waals surface area contributed by atoms with E-state index in [4.69, 9.17) is 4.42 Å². The Bertz CT molecular complexity index is 594. The number of thiophene rings is 1. The van der Waals surface area contributed by atoms with Crippen molar-refractivity contribution in [3.63, 3.8) is 0 Å². The highest BCUT2D eigenvalue weighted by Crippen LogP contribution is 2.24. The molecule has 2 aromatic heterocycles. The Balaban J connectivity index is 1.57. The van der Waals surface area contributed by atoms with Gasteiger partial charge in [0.2, 0.25) is 11.8 Å². The molecule has 1 amide bonds. The van der Waals surface area contributed by atoms with Crippen molar-refractivity contribution in [1.29, 1.82) is 0 Å². The minimum atomic E-state index is -0.429. The van der Waals surface area contributed by atoms with E-state index in [0.717, 1.165) is 30.6 Å². The van der Waals surface area contributed by atoms with Gasteiger partial charge in [-0.15, -0.1) is 11.3 Å². The van der Waals surface area contributed by atoms with Crippen molar-refractivity contribution in [2.75, 3.05) is 0 Å². The lowest BCUT2D eigenvalue weighted by molar-refractivity contribution is -0.122. The lowest BCUT2D eigenvalue weighted by Crippen LogP contribution is -2.45. The Hall–Kier alpha value is -1.66. The predicted molar refractivity (Wildman–Crippen MR) is 79.9 cm³/mol. The smallest absolute Gasteiger partial charge is 0.236 e. The molecule has 2 atom stereocenters. The van der Waals surface area contributed by atoms with E-state index in [0.29, 0.717) is 11.6 Å². The number of carbonyl (C=O) groups is 1. The van der Waals surface area contributed by atoms with E-state index in [2.05, 4.69) is 10.3 Å². The van der Waals surface area contributed by atoms with E-state index in [1.54, 1.807) is 11.3 Å². The SMILES string of the molecule is O=C(Cc1coc(-c2cccs2)n1)NC1CCCCC1O. The molecular formula is C15H18N2O3S. The second kappa shape index (κ2) is 6.41.